The molecule has 1 aromatic rings. The van der Waals surface area contributed by atoms with Crippen LogP contribution in [-0.4, -0.2) is 55.9 Å². The number of benzene rings is 1. The van der Waals surface area contributed by atoms with Gasteiger partial charge < -0.3 is 10.2 Å². The van der Waals surface area contributed by atoms with E-state index in [-0.39, 0.29) is 35.1 Å². The molecular weight excluding hydrogens is 385 g/mol. The molecule has 6 nitrogen and oxygen atoms in total. The molecule has 0 aromatic heterocycles. The Morgan fingerprint density at radius 2 is 1.84 bits per heavy atom. The van der Waals surface area contributed by atoms with Crippen LogP contribution >= 0.6 is 23.2 Å². The summed E-state index contributed by atoms with van der Waals surface area (Å²) in [5, 5.41) is 3.45. The maximum atomic E-state index is 12.8. The maximum absolute atomic E-state index is 12.8. The molecule has 1 aromatic carbocycles. The number of rotatable bonds is 4. The van der Waals surface area contributed by atoms with Crippen LogP contribution in [0.25, 0.3) is 0 Å². The fourth-order valence-electron chi connectivity index (χ4n) is 2.95. The first-order valence-corrected chi connectivity index (χ1v) is 10.5. The van der Waals surface area contributed by atoms with Gasteiger partial charge in [-0.3, -0.25) is 0 Å². The highest BCUT2D eigenvalue weighted by Gasteiger charge is 2.33. The molecule has 25 heavy (non-hydrogen) atoms. The predicted molar refractivity (Wildman–Crippen MR) is 97.5 cm³/mol. The van der Waals surface area contributed by atoms with Crippen molar-refractivity contribution in [3.05, 3.63) is 28.2 Å². The Kier molecular flexibility index (Phi) is 5.48. The summed E-state index contributed by atoms with van der Waals surface area (Å²) in [5.41, 5.74) is 0. The number of halogens is 2. The lowest BCUT2D eigenvalue weighted by atomic mass is 10.2. The lowest BCUT2D eigenvalue weighted by Gasteiger charge is -2.34. The van der Waals surface area contributed by atoms with E-state index >= 15 is 0 Å². The summed E-state index contributed by atoms with van der Waals surface area (Å²) in [6.45, 7) is 3.17. The van der Waals surface area contributed by atoms with Gasteiger partial charge in [-0.15, -0.1) is 0 Å². The highest BCUT2D eigenvalue weighted by Crippen LogP contribution is 2.32. The number of urea groups is 1. The van der Waals surface area contributed by atoms with Gasteiger partial charge in [-0.05, 0) is 43.9 Å². The minimum Gasteiger partial charge on any atom is -0.335 e. The van der Waals surface area contributed by atoms with Crippen LogP contribution in [0.3, 0.4) is 0 Å². The number of carbonyl (C=O) groups is 1. The summed E-state index contributed by atoms with van der Waals surface area (Å²) in [7, 11) is -3.73. The van der Waals surface area contributed by atoms with Gasteiger partial charge >= 0.3 is 6.03 Å². The Bertz CT molecular complexity index is 760. The van der Waals surface area contributed by atoms with Crippen LogP contribution in [0.2, 0.25) is 10.0 Å². The summed E-state index contributed by atoms with van der Waals surface area (Å²) >= 11 is 11.9. The van der Waals surface area contributed by atoms with Gasteiger partial charge in [0.2, 0.25) is 10.0 Å². The van der Waals surface area contributed by atoms with Gasteiger partial charge in [0.15, 0.2) is 0 Å². The van der Waals surface area contributed by atoms with Crippen molar-refractivity contribution in [2.24, 2.45) is 5.92 Å². The maximum Gasteiger partial charge on any atom is 0.317 e. The topological polar surface area (TPSA) is 69.7 Å². The summed E-state index contributed by atoms with van der Waals surface area (Å²) in [5.74, 6) is 0.579. The van der Waals surface area contributed by atoms with E-state index in [1.165, 1.54) is 16.4 Å². The van der Waals surface area contributed by atoms with Gasteiger partial charge in [-0.1, -0.05) is 23.2 Å². The fraction of sp³-hybridized carbons (Fsp3) is 0.562. The van der Waals surface area contributed by atoms with E-state index < -0.39 is 10.0 Å². The molecule has 9 heteroatoms. The average Bonchev–Trinajstić information content (AvgIpc) is 3.42. The second kappa shape index (κ2) is 7.31. The molecule has 1 aliphatic carbocycles. The lowest BCUT2D eigenvalue weighted by Crippen LogP contribution is -2.54. The molecule has 0 unspecified atom stereocenters. The Labute approximate surface area is 158 Å². The predicted octanol–water partition coefficient (Wildman–Crippen LogP) is 2.81. The molecular formula is C16H21Cl2N3O3S. The fourth-order valence-corrected chi connectivity index (χ4v) is 5.11. The summed E-state index contributed by atoms with van der Waals surface area (Å²) in [6, 6.07) is 4.42. The molecule has 1 saturated carbocycles. The number of hydrogen-bond donors (Lipinski definition) is 1. The van der Waals surface area contributed by atoms with E-state index in [2.05, 4.69) is 5.32 Å². The molecule has 0 spiro atoms. The standard InChI is InChI=1S/C16H21Cl2N3O3S/c1-11(12-2-3-12)19-16(22)20-6-8-21(9-7-20)25(23,24)15-10-13(17)4-5-14(15)18/h4-5,10-12H,2-3,6-9H2,1H3,(H,19,22)/t11-/m1/s1. The molecule has 3 rings (SSSR count). The zero-order valence-electron chi connectivity index (χ0n) is 13.9. The molecule has 0 radical (unpaired) electrons. The number of carbonyl (C=O) groups excluding carboxylic acids is 1. The van der Waals surface area contributed by atoms with E-state index in [1.807, 2.05) is 6.92 Å². The van der Waals surface area contributed by atoms with Crippen LogP contribution in [0.1, 0.15) is 19.8 Å². The van der Waals surface area contributed by atoms with Crippen molar-refractivity contribution in [1.82, 2.24) is 14.5 Å². The zero-order valence-corrected chi connectivity index (χ0v) is 16.2. The van der Waals surface area contributed by atoms with Crippen molar-refractivity contribution in [1.29, 1.82) is 0 Å². The monoisotopic (exact) mass is 405 g/mol. The van der Waals surface area contributed by atoms with Crippen molar-refractivity contribution in [3.63, 3.8) is 0 Å². The number of hydrogen-bond acceptors (Lipinski definition) is 3. The van der Waals surface area contributed by atoms with Crippen LogP contribution in [0, 0.1) is 5.92 Å². The van der Waals surface area contributed by atoms with E-state index in [1.54, 1.807) is 11.0 Å². The Morgan fingerprint density at radius 3 is 2.44 bits per heavy atom. The molecule has 2 amide bonds. The molecule has 1 saturated heterocycles. The third kappa shape index (κ3) is 4.22. The Hall–Kier alpha value is -1.02. The minimum absolute atomic E-state index is 0.00178. The third-order valence-corrected chi connectivity index (χ3v) is 7.33. The first-order valence-electron chi connectivity index (χ1n) is 8.29. The van der Waals surface area contributed by atoms with Crippen molar-refractivity contribution in [2.75, 3.05) is 26.2 Å². The number of piperazine rings is 1. The van der Waals surface area contributed by atoms with Gasteiger partial charge in [0.05, 0.1) is 5.02 Å². The van der Waals surface area contributed by atoms with Crippen molar-refractivity contribution >= 4 is 39.3 Å². The van der Waals surface area contributed by atoms with Crippen molar-refractivity contribution in [3.8, 4) is 0 Å². The van der Waals surface area contributed by atoms with E-state index in [0.717, 1.165) is 12.8 Å². The minimum atomic E-state index is -3.73. The molecule has 1 aliphatic heterocycles. The lowest BCUT2D eigenvalue weighted by molar-refractivity contribution is 0.168. The molecule has 1 heterocycles. The summed E-state index contributed by atoms with van der Waals surface area (Å²) < 4.78 is 26.9. The van der Waals surface area contributed by atoms with Crippen LogP contribution < -0.4 is 5.32 Å². The largest absolute Gasteiger partial charge is 0.335 e. The van der Waals surface area contributed by atoms with Crippen molar-refractivity contribution in [2.45, 2.75) is 30.7 Å². The van der Waals surface area contributed by atoms with E-state index in [9.17, 15) is 13.2 Å². The first-order chi connectivity index (χ1) is 11.8. The molecule has 2 aliphatic rings. The quantitative estimate of drug-likeness (QED) is 0.836. The van der Waals surface area contributed by atoms with Gasteiger partial charge in [0.1, 0.15) is 4.90 Å². The number of amides is 2. The SMILES string of the molecule is C[C@@H](NC(=O)N1CCN(S(=O)(=O)c2cc(Cl)ccc2Cl)CC1)C1CC1. The molecule has 138 valence electrons. The normalized spacial score (nSPS) is 20.4. The second-order valence-corrected chi connectivity index (χ2v) is 9.29. The summed E-state index contributed by atoms with van der Waals surface area (Å²) in [4.78, 5) is 13.9. The van der Waals surface area contributed by atoms with Crippen molar-refractivity contribution < 1.29 is 13.2 Å². The highest BCUT2D eigenvalue weighted by molar-refractivity contribution is 7.89. The Morgan fingerprint density at radius 1 is 1.20 bits per heavy atom. The van der Waals surface area contributed by atoms with Gasteiger partial charge in [0, 0.05) is 37.2 Å². The summed E-state index contributed by atoms with van der Waals surface area (Å²) in [6.07, 6.45) is 2.32. The van der Waals surface area contributed by atoms with Crippen LogP contribution in [0.5, 0.6) is 0 Å². The molecule has 0 bridgehead atoms. The number of nitrogens with zero attached hydrogens (tertiary/aromatic N) is 2. The third-order valence-electron chi connectivity index (χ3n) is 4.72. The first kappa shape index (κ1) is 18.8. The zero-order chi connectivity index (χ0) is 18.2. The van der Waals surface area contributed by atoms with Crippen LogP contribution in [0.15, 0.2) is 23.1 Å². The Balaban J connectivity index is 1.63. The van der Waals surface area contributed by atoms with Gasteiger partial charge in [0.25, 0.3) is 0 Å². The van der Waals surface area contributed by atoms with Crippen LogP contribution in [-0.2, 0) is 10.0 Å². The molecule has 1 N–H and O–H groups in total. The average molecular weight is 406 g/mol. The van der Waals surface area contributed by atoms with E-state index in [4.69, 9.17) is 23.2 Å². The van der Waals surface area contributed by atoms with E-state index in [0.29, 0.717) is 24.0 Å². The number of nitrogens with one attached hydrogen (secondary N) is 1. The second-order valence-electron chi connectivity index (χ2n) is 6.54. The van der Waals surface area contributed by atoms with Crippen LogP contribution in [0.4, 0.5) is 4.79 Å². The van der Waals surface area contributed by atoms with Gasteiger partial charge in [-0.2, -0.15) is 4.31 Å². The highest BCUT2D eigenvalue weighted by atomic mass is 35.5. The molecule has 2 fully saturated rings. The number of sulfonamides is 1. The molecule has 1 atom stereocenters. The van der Waals surface area contributed by atoms with Gasteiger partial charge in [-0.25, -0.2) is 13.2 Å². The smallest absolute Gasteiger partial charge is 0.317 e.